The molecule has 2 fully saturated rings. The number of hydrogen-bond donors (Lipinski definition) is 0. The minimum Gasteiger partial charge on any atom is -0.0829 e. The third kappa shape index (κ3) is 8.60. The Balaban J connectivity index is 0.00000114. The van der Waals surface area contributed by atoms with E-state index in [1.165, 1.54) is 62.5 Å². The zero-order valence-corrected chi connectivity index (χ0v) is 27.5. The van der Waals surface area contributed by atoms with E-state index in [2.05, 4.69) is 84.9 Å². The fourth-order valence-corrected chi connectivity index (χ4v) is 6.94. The monoisotopic (exact) mass is 511 g/mol. The van der Waals surface area contributed by atoms with Crippen molar-refractivity contribution in [2.24, 2.45) is 29.6 Å². The Kier molecular flexibility index (Phi) is 18.2. The minimum atomic E-state index is 0.271. The third-order valence-electron chi connectivity index (χ3n) is 8.30. The van der Waals surface area contributed by atoms with E-state index < -0.39 is 0 Å². The summed E-state index contributed by atoms with van der Waals surface area (Å²) >= 11 is 0. The molecule has 0 atom stereocenters. The van der Waals surface area contributed by atoms with Crippen molar-refractivity contribution in [3.8, 4) is 0 Å². The summed E-state index contributed by atoms with van der Waals surface area (Å²) in [6.45, 7) is 28.0. The van der Waals surface area contributed by atoms with E-state index in [9.17, 15) is 0 Å². The summed E-state index contributed by atoms with van der Waals surface area (Å²) in [6, 6.07) is 9.44. The van der Waals surface area contributed by atoms with Crippen LogP contribution in [-0.2, 0) is 5.41 Å². The molecular weight excluding hydrogens is 444 g/mol. The average Bonchev–Trinajstić information content (AvgIpc) is 3.23. The van der Waals surface area contributed by atoms with Crippen LogP contribution in [0.4, 0.5) is 0 Å². The van der Waals surface area contributed by atoms with Gasteiger partial charge in [-0.3, -0.25) is 0 Å². The van der Waals surface area contributed by atoms with E-state index in [0.717, 1.165) is 29.6 Å². The van der Waals surface area contributed by atoms with Gasteiger partial charge in [0.25, 0.3) is 0 Å². The molecule has 0 aliphatic heterocycles. The normalized spacial score (nSPS) is 30.4. The molecule has 0 radical (unpaired) electrons. The van der Waals surface area contributed by atoms with E-state index in [1.54, 1.807) is 11.1 Å². The molecular formula is C37H66. The molecule has 0 nitrogen and oxygen atoms in total. The smallest absolute Gasteiger partial charge is 0.0268 e. The van der Waals surface area contributed by atoms with Crippen LogP contribution in [0, 0.1) is 29.6 Å². The number of allylic oxidation sites excluding steroid dienone is 4. The van der Waals surface area contributed by atoms with E-state index >= 15 is 0 Å². The first-order valence-corrected chi connectivity index (χ1v) is 16.3. The maximum absolute atomic E-state index is 2.49. The summed E-state index contributed by atoms with van der Waals surface area (Å²) in [5.41, 5.74) is 6.68. The van der Waals surface area contributed by atoms with Crippen LogP contribution >= 0.6 is 0 Å². The first-order valence-electron chi connectivity index (χ1n) is 16.3. The highest BCUT2D eigenvalue weighted by molar-refractivity contribution is 5.90. The van der Waals surface area contributed by atoms with Crippen molar-refractivity contribution in [2.75, 3.05) is 0 Å². The lowest BCUT2D eigenvalue weighted by molar-refractivity contribution is 0.112. The zero-order chi connectivity index (χ0) is 28.6. The zero-order valence-electron chi connectivity index (χ0n) is 27.5. The predicted molar refractivity (Wildman–Crippen MR) is 172 cm³/mol. The molecule has 0 heterocycles. The van der Waals surface area contributed by atoms with Gasteiger partial charge in [-0.25, -0.2) is 0 Å². The van der Waals surface area contributed by atoms with Crippen LogP contribution in [0.5, 0.6) is 0 Å². The summed E-state index contributed by atoms with van der Waals surface area (Å²) in [4.78, 5) is 0. The molecule has 0 heteroatoms. The molecule has 0 bridgehead atoms. The molecule has 0 saturated heterocycles. The molecule has 4 rings (SSSR count). The fourth-order valence-electron chi connectivity index (χ4n) is 6.94. The molecule has 214 valence electrons. The van der Waals surface area contributed by atoms with Gasteiger partial charge < -0.3 is 0 Å². The van der Waals surface area contributed by atoms with Crippen LogP contribution in [-0.4, -0.2) is 0 Å². The molecule has 37 heavy (non-hydrogen) atoms. The SMILES string of the molecule is C/C=C1\C(=C/C)c2ccccc2C1(C1CCC(C)CC1)C1CCC(C)CC1.CC.CC.CC.CC(C)C. The van der Waals surface area contributed by atoms with Crippen molar-refractivity contribution in [3.63, 3.8) is 0 Å². The van der Waals surface area contributed by atoms with Gasteiger partial charge in [-0.15, -0.1) is 0 Å². The lowest BCUT2D eigenvalue weighted by atomic mass is 9.53. The van der Waals surface area contributed by atoms with Crippen molar-refractivity contribution in [1.82, 2.24) is 0 Å². The molecule has 0 amide bonds. The highest BCUT2D eigenvalue weighted by Gasteiger charge is 2.54. The number of rotatable bonds is 2. The minimum absolute atomic E-state index is 0.271. The second-order valence-corrected chi connectivity index (χ2v) is 11.5. The summed E-state index contributed by atoms with van der Waals surface area (Å²) in [5.74, 6) is 4.29. The Hall–Kier alpha value is -1.30. The third-order valence-corrected chi connectivity index (χ3v) is 8.30. The quantitative estimate of drug-likeness (QED) is 0.371. The number of hydrogen-bond acceptors (Lipinski definition) is 0. The van der Waals surface area contributed by atoms with Gasteiger partial charge in [0.2, 0.25) is 0 Å². The molecule has 0 N–H and O–H groups in total. The predicted octanol–water partition coefficient (Wildman–Crippen LogP) is 12.7. The molecule has 1 aromatic rings. The lowest BCUT2D eigenvalue weighted by Gasteiger charge is -2.50. The van der Waals surface area contributed by atoms with Crippen LogP contribution in [0.2, 0.25) is 0 Å². The van der Waals surface area contributed by atoms with Gasteiger partial charge in [0.05, 0.1) is 0 Å². The van der Waals surface area contributed by atoms with E-state index in [4.69, 9.17) is 0 Å². The number of benzene rings is 1. The van der Waals surface area contributed by atoms with E-state index in [1.807, 2.05) is 41.5 Å². The van der Waals surface area contributed by atoms with E-state index in [-0.39, 0.29) is 5.41 Å². The van der Waals surface area contributed by atoms with Gasteiger partial charge in [-0.2, -0.15) is 0 Å². The lowest BCUT2D eigenvalue weighted by Crippen LogP contribution is -2.45. The second-order valence-electron chi connectivity index (χ2n) is 11.5. The van der Waals surface area contributed by atoms with Crippen LogP contribution in [0.1, 0.15) is 153 Å². The highest BCUT2D eigenvalue weighted by atomic mass is 14.6. The van der Waals surface area contributed by atoms with Gasteiger partial charge in [0.1, 0.15) is 0 Å². The van der Waals surface area contributed by atoms with Gasteiger partial charge in [0.15, 0.2) is 0 Å². The van der Waals surface area contributed by atoms with Crippen LogP contribution < -0.4 is 0 Å². The second kappa shape index (κ2) is 18.9. The van der Waals surface area contributed by atoms with E-state index in [0.29, 0.717) is 0 Å². The molecule has 2 saturated carbocycles. The summed E-state index contributed by atoms with van der Waals surface area (Å²) in [6.07, 6.45) is 16.2. The van der Waals surface area contributed by atoms with Crippen LogP contribution in [0.25, 0.3) is 5.57 Å². The Morgan fingerprint density at radius 1 is 0.649 bits per heavy atom. The molecule has 0 aromatic heterocycles. The first kappa shape index (κ1) is 35.7. The van der Waals surface area contributed by atoms with Crippen molar-refractivity contribution in [2.45, 2.75) is 147 Å². The molecule has 0 spiro atoms. The van der Waals surface area contributed by atoms with Gasteiger partial charge in [-0.05, 0) is 91.4 Å². The highest BCUT2D eigenvalue weighted by Crippen LogP contribution is 2.63. The van der Waals surface area contributed by atoms with Crippen molar-refractivity contribution in [1.29, 1.82) is 0 Å². The number of fused-ring (bicyclic) bond motifs is 1. The summed E-state index contributed by atoms with van der Waals surface area (Å²) in [5, 5.41) is 0. The molecule has 0 unspecified atom stereocenters. The standard InChI is InChI=1S/C27H38.C4H10.3C2H6/c1-5-23-24-9-7-8-10-26(24)27(25(23)6-2,21-15-11-19(3)12-16-21)22-17-13-20(4)14-18-22;1-4(2)3;3*1-2/h5-10,19-22H,11-18H2,1-4H3;4H,1-3H3;3*1-2H3/b23-5-,25-6+;;;;. The summed E-state index contributed by atoms with van der Waals surface area (Å²) in [7, 11) is 0. The van der Waals surface area contributed by atoms with Crippen LogP contribution in [0.3, 0.4) is 0 Å². The first-order chi connectivity index (χ1) is 17.9. The van der Waals surface area contributed by atoms with Gasteiger partial charge in [-0.1, -0.05) is 138 Å². The van der Waals surface area contributed by atoms with Crippen molar-refractivity contribution in [3.05, 3.63) is 53.1 Å². The van der Waals surface area contributed by atoms with Crippen molar-refractivity contribution < 1.29 is 0 Å². The molecule has 1 aromatic carbocycles. The average molecular weight is 511 g/mol. The topological polar surface area (TPSA) is 0 Å². The fraction of sp³-hybridized carbons (Fsp3) is 0.730. The molecule has 3 aliphatic rings. The maximum Gasteiger partial charge on any atom is 0.0268 e. The Morgan fingerprint density at radius 2 is 1.03 bits per heavy atom. The van der Waals surface area contributed by atoms with Crippen molar-refractivity contribution >= 4 is 5.57 Å². The Labute approximate surface area is 234 Å². The Bertz CT molecular complexity index is 736. The van der Waals surface area contributed by atoms with Gasteiger partial charge in [0, 0.05) is 5.41 Å². The maximum atomic E-state index is 2.49. The van der Waals surface area contributed by atoms with Gasteiger partial charge >= 0.3 is 0 Å². The Morgan fingerprint density at radius 3 is 1.38 bits per heavy atom. The van der Waals surface area contributed by atoms with Crippen LogP contribution in [0.15, 0.2) is 42.0 Å². The summed E-state index contributed by atoms with van der Waals surface area (Å²) < 4.78 is 0. The largest absolute Gasteiger partial charge is 0.0829 e. The molecule has 3 aliphatic carbocycles.